The Kier molecular flexibility index (Phi) is 7.13. The third-order valence-electron chi connectivity index (χ3n) is 3.86. The summed E-state index contributed by atoms with van der Waals surface area (Å²) < 4.78 is 5.43. The van der Waals surface area contributed by atoms with Crippen LogP contribution >= 0.6 is 0 Å². The smallest absolute Gasteiger partial charge is 0.191 e. The van der Waals surface area contributed by atoms with Gasteiger partial charge in [-0.2, -0.15) is 0 Å². The maximum Gasteiger partial charge on any atom is 0.191 e. The van der Waals surface area contributed by atoms with E-state index >= 15 is 0 Å². The van der Waals surface area contributed by atoms with Crippen LogP contribution in [0.4, 0.5) is 5.82 Å². The highest BCUT2D eigenvalue weighted by molar-refractivity contribution is 5.79. The molecule has 23 heavy (non-hydrogen) atoms. The van der Waals surface area contributed by atoms with Gasteiger partial charge in [-0.15, -0.1) is 0 Å². The summed E-state index contributed by atoms with van der Waals surface area (Å²) in [5.41, 5.74) is 1.18. The summed E-state index contributed by atoms with van der Waals surface area (Å²) in [5, 5.41) is 6.73. The third-order valence-corrected chi connectivity index (χ3v) is 3.86. The zero-order valence-corrected chi connectivity index (χ0v) is 14.5. The molecule has 1 fully saturated rings. The zero-order chi connectivity index (χ0) is 16.5. The largest absolute Gasteiger partial charge is 0.378 e. The van der Waals surface area contributed by atoms with Gasteiger partial charge in [0.1, 0.15) is 5.82 Å². The van der Waals surface area contributed by atoms with E-state index in [1.165, 1.54) is 5.56 Å². The van der Waals surface area contributed by atoms with Crippen LogP contribution in [0.5, 0.6) is 0 Å². The van der Waals surface area contributed by atoms with E-state index in [-0.39, 0.29) is 0 Å². The highest BCUT2D eigenvalue weighted by Gasteiger charge is 2.15. The molecule has 0 aromatic carbocycles. The topological polar surface area (TPSA) is 61.8 Å². The molecule has 0 atom stereocenters. The van der Waals surface area contributed by atoms with Gasteiger partial charge in [0.2, 0.25) is 0 Å². The Morgan fingerprint density at radius 1 is 1.35 bits per heavy atom. The van der Waals surface area contributed by atoms with E-state index in [0.29, 0.717) is 12.5 Å². The molecule has 2 heterocycles. The van der Waals surface area contributed by atoms with Gasteiger partial charge in [-0.3, -0.25) is 4.99 Å². The van der Waals surface area contributed by atoms with E-state index < -0.39 is 0 Å². The quantitative estimate of drug-likeness (QED) is 0.616. The van der Waals surface area contributed by atoms with Gasteiger partial charge in [-0.25, -0.2) is 4.98 Å². The molecule has 0 amide bonds. The number of aliphatic imine (C=N–C) groups is 1. The predicted octanol–water partition coefficient (Wildman–Crippen LogP) is 1.63. The summed E-state index contributed by atoms with van der Waals surface area (Å²) in [5.74, 6) is 2.57. The monoisotopic (exact) mass is 319 g/mol. The molecule has 0 radical (unpaired) electrons. The normalized spacial score (nSPS) is 15.8. The van der Waals surface area contributed by atoms with Gasteiger partial charge in [0.05, 0.1) is 13.2 Å². The van der Waals surface area contributed by atoms with Crippen LogP contribution in [-0.4, -0.2) is 50.8 Å². The molecule has 0 bridgehead atoms. The van der Waals surface area contributed by atoms with Crippen LogP contribution in [0.15, 0.2) is 23.3 Å². The average Bonchev–Trinajstić information content (AvgIpc) is 2.58. The Labute approximate surface area is 139 Å². The fourth-order valence-corrected chi connectivity index (χ4v) is 2.51. The number of hydrogen-bond acceptors (Lipinski definition) is 4. The summed E-state index contributed by atoms with van der Waals surface area (Å²) >= 11 is 0. The Morgan fingerprint density at radius 3 is 2.83 bits per heavy atom. The second-order valence-corrected chi connectivity index (χ2v) is 6.12. The van der Waals surface area contributed by atoms with Crippen molar-refractivity contribution < 1.29 is 4.74 Å². The number of ether oxygens (including phenoxy) is 1. The van der Waals surface area contributed by atoms with Crippen molar-refractivity contribution in [2.24, 2.45) is 10.9 Å². The summed E-state index contributed by atoms with van der Waals surface area (Å²) in [6.45, 7) is 9.41. The molecule has 0 aliphatic carbocycles. The number of pyridine rings is 1. The van der Waals surface area contributed by atoms with E-state index in [2.05, 4.69) is 45.4 Å². The molecule has 2 N–H and O–H groups in total. The molecule has 1 aromatic rings. The minimum absolute atomic E-state index is 0.687. The second kappa shape index (κ2) is 9.35. The number of nitrogens with one attached hydrogen (secondary N) is 2. The molecule has 2 rings (SSSR count). The summed E-state index contributed by atoms with van der Waals surface area (Å²) in [6, 6.07) is 4.10. The maximum absolute atomic E-state index is 5.43. The Hall–Kier alpha value is -1.82. The van der Waals surface area contributed by atoms with Gasteiger partial charge < -0.3 is 20.3 Å². The third kappa shape index (κ3) is 5.71. The first-order chi connectivity index (χ1) is 11.2. The van der Waals surface area contributed by atoms with Crippen molar-refractivity contribution in [1.82, 2.24) is 15.6 Å². The fraction of sp³-hybridized carbons (Fsp3) is 0.647. The summed E-state index contributed by atoms with van der Waals surface area (Å²) in [4.78, 5) is 11.1. The van der Waals surface area contributed by atoms with Gasteiger partial charge in [-0.1, -0.05) is 19.9 Å². The molecule has 0 unspecified atom stereocenters. The predicted molar refractivity (Wildman–Crippen MR) is 94.9 cm³/mol. The van der Waals surface area contributed by atoms with Gasteiger partial charge in [0.15, 0.2) is 5.96 Å². The van der Waals surface area contributed by atoms with Crippen LogP contribution in [-0.2, 0) is 11.3 Å². The number of guanidine groups is 1. The highest BCUT2D eigenvalue weighted by Crippen LogP contribution is 2.18. The fourth-order valence-electron chi connectivity index (χ4n) is 2.51. The Balaban J connectivity index is 1.91. The first-order valence-corrected chi connectivity index (χ1v) is 8.41. The van der Waals surface area contributed by atoms with E-state index in [4.69, 9.17) is 4.74 Å². The van der Waals surface area contributed by atoms with Crippen molar-refractivity contribution in [3.8, 4) is 0 Å². The summed E-state index contributed by atoms with van der Waals surface area (Å²) in [6.07, 6.45) is 2.98. The van der Waals surface area contributed by atoms with Gasteiger partial charge in [-0.05, 0) is 18.4 Å². The first kappa shape index (κ1) is 17.5. The Bertz CT molecular complexity index is 498. The minimum atomic E-state index is 0.687. The number of aromatic nitrogens is 1. The lowest BCUT2D eigenvalue weighted by Gasteiger charge is -2.29. The first-order valence-electron chi connectivity index (χ1n) is 8.41. The molecule has 6 heteroatoms. The van der Waals surface area contributed by atoms with Crippen molar-refractivity contribution >= 4 is 11.8 Å². The molecule has 0 spiro atoms. The second-order valence-electron chi connectivity index (χ2n) is 6.12. The lowest BCUT2D eigenvalue weighted by Crippen LogP contribution is -2.39. The molecule has 1 aliphatic rings. The van der Waals surface area contributed by atoms with Crippen LogP contribution in [0.1, 0.15) is 25.8 Å². The van der Waals surface area contributed by atoms with E-state index in [1.807, 2.05) is 12.3 Å². The van der Waals surface area contributed by atoms with Crippen molar-refractivity contribution in [3.05, 3.63) is 23.9 Å². The molecule has 1 saturated heterocycles. The highest BCUT2D eigenvalue weighted by atomic mass is 16.5. The number of hydrogen-bond donors (Lipinski definition) is 2. The maximum atomic E-state index is 5.43. The minimum Gasteiger partial charge on any atom is -0.378 e. The molecular weight excluding hydrogens is 290 g/mol. The SMILES string of the molecule is CN=C(NCCC(C)C)NCc1cccnc1N1CCOCC1. The van der Waals surface area contributed by atoms with Crippen molar-refractivity contribution in [2.75, 3.05) is 44.8 Å². The van der Waals surface area contributed by atoms with Gasteiger partial charge in [0, 0.05) is 45.0 Å². The van der Waals surface area contributed by atoms with Crippen LogP contribution in [0.2, 0.25) is 0 Å². The summed E-state index contributed by atoms with van der Waals surface area (Å²) in [7, 11) is 1.80. The number of nitrogens with zero attached hydrogens (tertiary/aromatic N) is 3. The molecule has 1 aromatic heterocycles. The lowest BCUT2D eigenvalue weighted by molar-refractivity contribution is 0.122. The van der Waals surface area contributed by atoms with Crippen LogP contribution < -0.4 is 15.5 Å². The van der Waals surface area contributed by atoms with Crippen molar-refractivity contribution in [3.63, 3.8) is 0 Å². The standard InChI is InChI=1S/C17H29N5O/c1-14(2)6-8-20-17(18-3)21-13-15-5-4-7-19-16(15)22-9-11-23-12-10-22/h4-5,7,14H,6,8-13H2,1-3H3,(H2,18,20,21). The zero-order valence-electron chi connectivity index (χ0n) is 14.5. The molecule has 6 nitrogen and oxygen atoms in total. The molecule has 128 valence electrons. The van der Waals surface area contributed by atoms with E-state index in [1.54, 1.807) is 7.05 Å². The molecule has 1 aliphatic heterocycles. The molecule has 0 saturated carbocycles. The van der Waals surface area contributed by atoms with Crippen LogP contribution in [0, 0.1) is 5.92 Å². The molecular formula is C17H29N5O. The average molecular weight is 319 g/mol. The van der Waals surface area contributed by atoms with E-state index in [0.717, 1.165) is 51.0 Å². The number of anilines is 1. The van der Waals surface area contributed by atoms with Crippen molar-refractivity contribution in [2.45, 2.75) is 26.8 Å². The van der Waals surface area contributed by atoms with Crippen molar-refractivity contribution in [1.29, 1.82) is 0 Å². The number of rotatable bonds is 6. The van der Waals surface area contributed by atoms with Crippen LogP contribution in [0.25, 0.3) is 0 Å². The lowest BCUT2D eigenvalue weighted by atomic mass is 10.1. The Morgan fingerprint density at radius 2 is 2.13 bits per heavy atom. The van der Waals surface area contributed by atoms with E-state index in [9.17, 15) is 0 Å². The van der Waals surface area contributed by atoms with Gasteiger partial charge >= 0.3 is 0 Å². The number of morpholine rings is 1. The van der Waals surface area contributed by atoms with Gasteiger partial charge in [0.25, 0.3) is 0 Å². The van der Waals surface area contributed by atoms with Crippen LogP contribution in [0.3, 0.4) is 0 Å².